The van der Waals surface area contributed by atoms with Gasteiger partial charge in [-0.15, -0.1) is 0 Å². The Hall–Kier alpha value is -2.06. The van der Waals surface area contributed by atoms with Crippen LogP contribution in [-0.2, 0) is 15.6 Å². The number of hydrogen-bond acceptors (Lipinski definition) is 7. The van der Waals surface area contributed by atoms with Crippen LogP contribution in [0.25, 0.3) is 0 Å². The lowest BCUT2D eigenvalue weighted by Crippen LogP contribution is -2.18. The van der Waals surface area contributed by atoms with Gasteiger partial charge in [0.2, 0.25) is 0 Å². The molecule has 0 saturated carbocycles. The standard InChI is InChI=1S/C15H17NO6S/c1-10-6-12(22-16-10)8-23(18,19)9-13(17)11-2-3-14-15(7-11)21-5-4-20-14/h2-3,6-7,13,17H,4-5,8-9H2,1H3/t13-/m0/s1. The molecule has 0 saturated heterocycles. The van der Waals surface area contributed by atoms with Crippen molar-refractivity contribution in [1.82, 2.24) is 5.16 Å². The molecular formula is C15H17NO6S. The Morgan fingerprint density at radius 3 is 2.65 bits per heavy atom. The van der Waals surface area contributed by atoms with Gasteiger partial charge in [-0.2, -0.15) is 0 Å². The Morgan fingerprint density at radius 1 is 1.22 bits per heavy atom. The average Bonchev–Trinajstić information content (AvgIpc) is 2.90. The van der Waals surface area contributed by atoms with Crippen LogP contribution in [0.3, 0.4) is 0 Å². The molecule has 7 nitrogen and oxygen atoms in total. The number of aryl methyl sites for hydroxylation is 1. The van der Waals surface area contributed by atoms with Crippen molar-refractivity contribution in [1.29, 1.82) is 0 Å². The molecule has 3 rings (SSSR count). The van der Waals surface area contributed by atoms with Crippen LogP contribution in [0, 0.1) is 6.92 Å². The predicted molar refractivity (Wildman–Crippen MR) is 81.1 cm³/mol. The first-order chi connectivity index (χ1) is 10.9. The Kier molecular flexibility index (Phi) is 4.27. The second-order valence-corrected chi connectivity index (χ2v) is 7.52. The second-order valence-electron chi connectivity index (χ2n) is 5.41. The van der Waals surface area contributed by atoms with Crippen LogP contribution in [0.15, 0.2) is 28.8 Å². The number of hydrogen-bond donors (Lipinski definition) is 1. The van der Waals surface area contributed by atoms with Gasteiger partial charge >= 0.3 is 0 Å². The van der Waals surface area contributed by atoms with E-state index in [0.29, 0.717) is 36.0 Å². The largest absolute Gasteiger partial charge is 0.486 e. The summed E-state index contributed by atoms with van der Waals surface area (Å²) in [5.41, 5.74) is 1.08. The van der Waals surface area contributed by atoms with Crippen LogP contribution in [0.1, 0.15) is 23.1 Å². The summed E-state index contributed by atoms with van der Waals surface area (Å²) < 4.78 is 40.1. The van der Waals surface area contributed by atoms with Gasteiger partial charge in [0.25, 0.3) is 0 Å². The van der Waals surface area contributed by atoms with Crippen LogP contribution in [0.2, 0.25) is 0 Å². The van der Waals surface area contributed by atoms with Crippen LogP contribution in [-0.4, -0.2) is 37.6 Å². The summed E-state index contributed by atoms with van der Waals surface area (Å²) in [4.78, 5) is 0. The molecule has 0 radical (unpaired) electrons. The molecule has 124 valence electrons. The lowest BCUT2D eigenvalue weighted by molar-refractivity contribution is 0.168. The topological polar surface area (TPSA) is 98.9 Å². The van der Waals surface area contributed by atoms with E-state index in [9.17, 15) is 13.5 Å². The van der Waals surface area contributed by atoms with E-state index in [1.807, 2.05) is 0 Å². The number of sulfone groups is 1. The maximum atomic E-state index is 12.2. The van der Waals surface area contributed by atoms with E-state index in [4.69, 9.17) is 14.0 Å². The summed E-state index contributed by atoms with van der Waals surface area (Å²) in [6, 6.07) is 6.47. The first kappa shape index (κ1) is 15.8. The average molecular weight is 339 g/mol. The van der Waals surface area contributed by atoms with Gasteiger partial charge in [-0.3, -0.25) is 0 Å². The van der Waals surface area contributed by atoms with Gasteiger partial charge < -0.3 is 19.1 Å². The highest BCUT2D eigenvalue weighted by atomic mass is 32.2. The van der Waals surface area contributed by atoms with Crippen LogP contribution < -0.4 is 9.47 Å². The molecule has 0 bridgehead atoms. The number of nitrogens with zero attached hydrogens (tertiary/aromatic N) is 1. The maximum absolute atomic E-state index is 12.2. The normalized spacial score (nSPS) is 15.4. The maximum Gasteiger partial charge on any atom is 0.161 e. The number of benzene rings is 1. The highest BCUT2D eigenvalue weighted by Crippen LogP contribution is 2.33. The number of rotatable bonds is 5. The fourth-order valence-electron chi connectivity index (χ4n) is 2.36. The third-order valence-electron chi connectivity index (χ3n) is 3.40. The van der Waals surface area contributed by atoms with Crippen LogP contribution in [0.4, 0.5) is 0 Å². The van der Waals surface area contributed by atoms with Crippen molar-refractivity contribution in [2.24, 2.45) is 0 Å². The minimum absolute atomic E-state index is 0.261. The molecule has 2 heterocycles. The summed E-state index contributed by atoms with van der Waals surface area (Å²) in [6.07, 6.45) is -1.15. The van der Waals surface area contributed by atoms with Crippen molar-refractivity contribution >= 4 is 9.84 Å². The SMILES string of the molecule is Cc1cc(CS(=O)(=O)C[C@H](O)c2ccc3c(c2)OCCO3)on1. The zero-order chi connectivity index (χ0) is 16.4. The number of aliphatic hydroxyl groups excluding tert-OH is 1. The third kappa shape index (κ3) is 3.83. The van der Waals surface area contributed by atoms with Crippen molar-refractivity contribution in [2.75, 3.05) is 19.0 Å². The van der Waals surface area contributed by atoms with Crippen molar-refractivity contribution in [3.05, 3.63) is 41.3 Å². The molecule has 0 unspecified atom stereocenters. The molecule has 1 aromatic heterocycles. The summed E-state index contributed by atoms with van der Waals surface area (Å²) >= 11 is 0. The van der Waals surface area contributed by atoms with Gasteiger partial charge in [0.05, 0.1) is 17.6 Å². The number of aliphatic hydroxyl groups is 1. The van der Waals surface area contributed by atoms with E-state index < -0.39 is 21.7 Å². The lowest BCUT2D eigenvalue weighted by Gasteiger charge is -2.20. The fourth-order valence-corrected chi connectivity index (χ4v) is 3.72. The van der Waals surface area contributed by atoms with Gasteiger partial charge in [-0.1, -0.05) is 11.2 Å². The van der Waals surface area contributed by atoms with Gasteiger partial charge in [0.1, 0.15) is 19.0 Å². The molecular weight excluding hydrogens is 322 g/mol. The summed E-state index contributed by atoms with van der Waals surface area (Å²) in [7, 11) is -3.55. The zero-order valence-electron chi connectivity index (χ0n) is 12.6. The zero-order valence-corrected chi connectivity index (χ0v) is 13.4. The molecule has 0 spiro atoms. The summed E-state index contributed by atoms with van der Waals surface area (Å²) in [5, 5.41) is 13.9. The van der Waals surface area contributed by atoms with Gasteiger partial charge in [0.15, 0.2) is 27.1 Å². The van der Waals surface area contributed by atoms with E-state index in [1.54, 1.807) is 31.2 Å². The van der Waals surface area contributed by atoms with E-state index in [0.717, 1.165) is 0 Å². The lowest BCUT2D eigenvalue weighted by atomic mass is 10.1. The molecule has 1 aliphatic rings. The molecule has 8 heteroatoms. The van der Waals surface area contributed by atoms with Crippen molar-refractivity contribution in [3.63, 3.8) is 0 Å². The van der Waals surface area contributed by atoms with E-state index in [-0.39, 0.29) is 11.5 Å². The molecule has 0 aliphatic carbocycles. The van der Waals surface area contributed by atoms with E-state index in [1.165, 1.54) is 0 Å². The molecule has 1 aromatic carbocycles. The Labute approximate surface area is 133 Å². The van der Waals surface area contributed by atoms with Crippen molar-refractivity contribution in [3.8, 4) is 11.5 Å². The molecule has 0 amide bonds. The van der Waals surface area contributed by atoms with Crippen LogP contribution >= 0.6 is 0 Å². The van der Waals surface area contributed by atoms with Gasteiger partial charge in [-0.25, -0.2) is 8.42 Å². The second kappa shape index (κ2) is 6.21. The Bertz CT molecular complexity index is 798. The summed E-state index contributed by atoms with van der Waals surface area (Å²) in [6.45, 7) is 2.61. The fraction of sp³-hybridized carbons (Fsp3) is 0.400. The first-order valence-corrected chi connectivity index (χ1v) is 8.95. The van der Waals surface area contributed by atoms with Gasteiger partial charge in [-0.05, 0) is 24.6 Å². The highest BCUT2D eigenvalue weighted by Gasteiger charge is 2.23. The number of fused-ring (bicyclic) bond motifs is 1. The smallest absolute Gasteiger partial charge is 0.161 e. The minimum Gasteiger partial charge on any atom is -0.486 e. The Morgan fingerprint density at radius 2 is 1.96 bits per heavy atom. The molecule has 23 heavy (non-hydrogen) atoms. The molecule has 0 fully saturated rings. The first-order valence-electron chi connectivity index (χ1n) is 7.13. The Balaban J connectivity index is 1.71. The van der Waals surface area contributed by atoms with E-state index >= 15 is 0 Å². The monoisotopic (exact) mass is 339 g/mol. The third-order valence-corrected chi connectivity index (χ3v) is 4.95. The highest BCUT2D eigenvalue weighted by molar-refractivity contribution is 7.90. The van der Waals surface area contributed by atoms with Crippen LogP contribution in [0.5, 0.6) is 11.5 Å². The number of ether oxygens (including phenoxy) is 2. The van der Waals surface area contributed by atoms with Crippen molar-refractivity contribution in [2.45, 2.75) is 18.8 Å². The van der Waals surface area contributed by atoms with E-state index in [2.05, 4.69) is 5.16 Å². The predicted octanol–water partition coefficient (Wildman–Crippen LogP) is 1.40. The molecule has 1 N–H and O–H groups in total. The minimum atomic E-state index is -3.55. The molecule has 1 aliphatic heterocycles. The molecule has 2 aromatic rings. The quantitative estimate of drug-likeness (QED) is 0.879. The summed E-state index contributed by atoms with van der Waals surface area (Å²) in [5.74, 6) is 0.655. The van der Waals surface area contributed by atoms with Crippen molar-refractivity contribution < 1.29 is 27.5 Å². The number of aromatic nitrogens is 1. The molecule has 1 atom stereocenters. The van der Waals surface area contributed by atoms with Gasteiger partial charge in [0, 0.05) is 6.07 Å².